The van der Waals surface area contributed by atoms with Gasteiger partial charge in [-0.05, 0) is 25.0 Å². The van der Waals surface area contributed by atoms with E-state index >= 15 is 0 Å². The van der Waals surface area contributed by atoms with E-state index in [0.29, 0.717) is 0 Å². The number of sulfone groups is 1. The fraction of sp³-hybridized carbons (Fsp3) is 0.429. The number of aliphatic hydroxyl groups excluding tert-OH is 1. The summed E-state index contributed by atoms with van der Waals surface area (Å²) in [6.45, 7) is -0.177. The zero-order valence-corrected chi connectivity index (χ0v) is 13.1. The first-order valence-electron chi connectivity index (χ1n) is 6.69. The van der Waals surface area contributed by atoms with E-state index in [-0.39, 0.29) is 29.3 Å². The van der Waals surface area contributed by atoms with Crippen LogP contribution in [0.3, 0.4) is 0 Å². The lowest BCUT2D eigenvalue weighted by Crippen LogP contribution is -2.35. The topological polar surface area (TPSA) is 107 Å². The fourth-order valence-electron chi connectivity index (χ4n) is 2.62. The highest BCUT2D eigenvalue weighted by atomic mass is 35.5. The van der Waals surface area contributed by atoms with E-state index in [1.807, 2.05) is 0 Å². The molecular formula is C14H15ClN2O4S. The van der Waals surface area contributed by atoms with Crippen LogP contribution in [0.5, 0.6) is 0 Å². The lowest BCUT2D eigenvalue weighted by molar-refractivity contribution is -0.127. The molecule has 1 aromatic rings. The molecule has 6 nitrogen and oxygen atoms in total. The summed E-state index contributed by atoms with van der Waals surface area (Å²) in [7, 11) is -3.73. The number of nitrogens with one attached hydrogen (secondary N) is 1. The van der Waals surface area contributed by atoms with E-state index in [0.717, 1.165) is 0 Å². The van der Waals surface area contributed by atoms with Crippen LogP contribution in [0.15, 0.2) is 29.2 Å². The molecule has 1 aliphatic carbocycles. The summed E-state index contributed by atoms with van der Waals surface area (Å²) in [5, 5.41) is 20.0. The van der Waals surface area contributed by atoms with E-state index in [1.165, 1.54) is 12.1 Å². The molecule has 1 saturated carbocycles. The minimum absolute atomic E-state index is 0.00594. The van der Waals surface area contributed by atoms with Crippen molar-refractivity contribution in [2.45, 2.75) is 29.1 Å². The first-order chi connectivity index (χ1) is 10.4. The third kappa shape index (κ3) is 3.24. The van der Waals surface area contributed by atoms with Gasteiger partial charge in [-0.2, -0.15) is 5.26 Å². The minimum Gasteiger partial charge on any atom is -0.392 e. The van der Waals surface area contributed by atoms with E-state index in [4.69, 9.17) is 16.9 Å². The van der Waals surface area contributed by atoms with Gasteiger partial charge >= 0.3 is 0 Å². The standard InChI is InChI=1S/C14H15ClN2O4S/c15-11-3-1-2-4-13(11)22(20,21)9-7-10(12(18)8-9)14(19)17-6-5-16/h1-4,9-10,12,18H,6-8H2,(H,17,19)/t9?,10?,12-/m0/s1. The Labute approximate surface area is 133 Å². The number of halogens is 1. The summed E-state index contributed by atoms with van der Waals surface area (Å²) in [4.78, 5) is 11.9. The minimum atomic E-state index is -3.73. The molecule has 3 atom stereocenters. The van der Waals surface area contributed by atoms with Gasteiger partial charge in [0.25, 0.3) is 0 Å². The third-order valence-corrected chi connectivity index (χ3v) is 6.42. The van der Waals surface area contributed by atoms with Crippen molar-refractivity contribution in [1.82, 2.24) is 5.32 Å². The molecule has 0 radical (unpaired) electrons. The van der Waals surface area contributed by atoms with E-state index < -0.39 is 33.0 Å². The lowest BCUT2D eigenvalue weighted by Gasteiger charge is -2.13. The average molecular weight is 343 g/mol. The van der Waals surface area contributed by atoms with Crippen LogP contribution >= 0.6 is 11.6 Å². The molecule has 2 unspecified atom stereocenters. The highest BCUT2D eigenvalue weighted by Gasteiger charge is 2.44. The summed E-state index contributed by atoms with van der Waals surface area (Å²) in [6, 6.07) is 7.85. The Morgan fingerprint density at radius 2 is 2.09 bits per heavy atom. The molecule has 22 heavy (non-hydrogen) atoms. The molecule has 1 aromatic carbocycles. The zero-order chi connectivity index (χ0) is 16.3. The summed E-state index contributed by atoms with van der Waals surface area (Å²) in [5.74, 6) is -1.35. The van der Waals surface area contributed by atoms with Crippen molar-refractivity contribution < 1.29 is 18.3 Å². The molecule has 0 aromatic heterocycles. The second-order valence-corrected chi connectivity index (χ2v) is 7.72. The molecule has 0 bridgehead atoms. The number of aliphatic hydroxyl groups is 1. The zero-order valence-electron chi connectivity index (χ0n) is 11.6. The van der Waals surface area contributed by atoms with Crippen molar-refractivity contribution in [3.63, 3.8) is 0 Å². The first-order valence-corrected chi connectivity index (χ1v) is 8.61. The van der Waals surface area contributed by atoms with Crippen LogP contribution in [0.4, 0.5) is 0 Å². The molecule has 0 aliphatic heterocycles. The predicted octanol–water partition coefficient (Wildman–Crippen LogP) is 0.893. The summed E-state index contributed by atoms with van der Waals surface area (Å²) in [5.41, 5.74) is 0. The van der Waals surface area contributed by atoms with Crippen molar-refractivity contribution in [2.75, 3.05) is 6.54 Å². The van der Waals surface area contributed by atoms with Gasteiger partial charge in [0.2, 0.25) is 5.91 Å². The highest BCUT2D eigenvalue weighted by Crippen LogP contribution is 2.36. The van der Waals surface area contributed by atoms with Gasteiger partial charge < -0.3 is 10.4 Å². The highest BCUT2D eigenvalue weighted by molar-refractivity contribution is 7.92. The molecule has 0 spiro atoms. The normalized spacial score (nSPS) is 24.7. The van der Waals surface area contributed by atoms with Crippen molar-refractivity contribution in [3.05, 3.63) is 29.3 Å². The Hall–Kier alpha value is -1.62. The third-order valence-electron chi connectivity index (χ3n) is 3.75. The predicted molar refractivity (Wildman–Crippen MR) is 79.8 cm³/mol. The van der Waals surface area contributed by atoms with Gasteiger partial charge in [0.1, 0.15) is 6.54 Å². The number of nitrogens with zero attached hydrogens (tertiary/aromatic N) is 1. The second kappa shape index (κ2) is 6.65. The van der Waals surface area contributed by atoms with Crippen LogP contribution in [0.25, 0.3) is 0 Å². The van der Waals surface area contributed by atoms with Crippen molar-refractivity contribution in [1.29, 1.82) is 5.26 Å². The smallest absolute Gasteiger partial charge is 0.226 e. The number of nitriles is 1. The van der Waals surface area contributed by atoms with Crippen LogP contribution in [0.2, 0.25) is 5.02 Å². The van der Waals surface area contributed by atoms with Gasteiger partial charge in [0.05, 0.1) is 33.3 Å². The summed E-state index contributed by atoms with van der Waals surface area (Å²) < 4.78 is 25.2. The first kappa shape index (κ1) is 16.7. The Morgan fingerprint density at radius 1 is 1.41 bits per heavy atom. The van der Waals surface area contributed by atoms with Crippen LogP contribution in [-0.4, -0.2) is 37.3 Å². The van der Waals surface area contributed by atoms with Crippen LogP contribution in [0, 0.1) is 17.2 Å². The van der Waals surface area contributed by atoms with Gasteiger partial charge in [-0.15, -0.1) is 0 Å². The average Bonchev–Trinajstić information content (AvgIpc) is 2.88. The quantitative estimate of drug-likeness (QED) is 0.790. The largest absolute Gasteiger partial charge is 0.392 e. The number of hydrogen-bond donors (Lipinski definition) is 2. The van der Waals surface area contributed by atoms with E-state index in [9.17, 15) is 18.3 Å². The Balaban J connectivity index is 2.20. The molecule has 2 N–H and O–H groups in total. The van der Waals surface area contributed by atoms with Crippen LogP contribution in [0.1, 0.15) is 12.8 Å². The molecule has 0 saturated heterocycles. The van der Waals surface area contributed by atoms with Gasteiger partial charge in [-0.3, -0.25) is 4.79 Å². The Kier molecular flexibility index (Phi) is 5.06. The SMILES string of the molecule is N#CCNC(=O)C1CC(S(=O)(=O)c2ccccc2Cl)C[C@@H]1O. The van der Waals surface area contributed by atoms with Crippen LogP contribution in [-0.2, 0) is 14.6 Å². The molecule has 8 heteroatoms. The maximum Gasteiger partial charge on any atom is 0.226 e. The number of carbonyl (C=O) groups is 1. The Bertz CT molecular complexity index is 714. The number of benzene rings is 1. The molecule has 0 heterocycles. The second-order valence-electron chi connectivity index (χ2n) is 5.12. The van der Waals surface area contributed by atoms with Crippen molar-refractivity contribution >= 4 is 27.3 Å². The number of amides is 1. The molecule has 1 aliphatic rings. The monoisotopic (exact) mass is 342 g/mol. The maximum absolute atomic E-state index is 12.6. The van der Waals surface area contributed by atoms with E-state index in [2.05, 4.69) is 5.32 Å². The van der Waals surface area contributed by atoms with E-state index in [1.54, 1.807) is 18.2 Å². The van der Waals surface area contributed by atoms with Crippen molar-refractivity contribution in [3.8, 4) is 6.07 Å². The fourth-order valence-corrected chi connectivity index (χ4v) is 4.95. The van der Waals surface area contributed by atoms with Crippen LogP contribution < -0.4 is 5.32 Å². The molecular weight excluding hydrogens is 328 g/mol. The molecule has 1 amide bonds. The number of hydrogen-bond acceptors (Lipinski definition) is 5. The molecule has 1 fully saturated rings. The number of carbonyl (C=O) groups excluding carboxylic acids is 1. The van der Waals surface area contributed by atoms with Gasteiger partial charge in [-0.25, -0.2) is 8.42 Å². The van der Waals surface area contributed by atoms with Gasteiger partial charge in [0, 0.05) is 0 Å². The molecule has 2 rings (SSSR count). The summed E-state index contributed by atoms with van der Waals surface area (Å²) in [6.07, 6.45) is -1.08. The number of rotatable bonds is 4. The maximum atomic E-state index is 12.6. The van der Waals surface area contributed by atoms with Gasteiger partial charge in [0.15, 0.2) is 9.84 Å². The molecule has 118 valence electrons. The lowest BCUT2D eigenvalue weighted by atomic mass is 10.1. The Morgan fingerprint density at radius 3 is 2.73 bits per heavy atom. The summed E-state index contributed by atoms with van der Waals surface area (Å²) >= 11 is 5.93. The van der Waals surface area contributed by atoms with Crippen molar-refractivity contribution in [2.24, 2.45) is 5.92 Å². The van der Waals surface area contributed by atoms with Gasteiger partial charge in [-0.1, -0.05) is 23.7 Å².